The Morgan fingerprint density at radius 1 is 1.19 bits per heavy atom. The summed E-state index contributed by atoms with van der Waals surface area (Å²) in [7, 11) is 3.05. The minimum absolute atomic E-state index is 0. The number of methoxy groups -OCH3 is 2. The third-order valence-electron chi connectivity index (χ3n) is 5.09. The lowest BCUT2D eigenvalue weighted by Gasteiger charge is -2.37. The van der Waals surface area contributed by atoms with Gasteiger partial charge in [-0.15, -0.1) is 24.0 Å². The Hall–Kier alpha value is -2.43. The highest BCUT2D eigenvalue weighted by Gasteiger charge is 2.21. The van der Waals surface area contributed by atoms with Crippen LogP contribution < -0.4 is 15.0 Å². The van der Waals surface area contributed by atoms with Gasteiger partial charge in [0.2, 0.25) is 0 Å². The van der Waals surface area contributed by atoms with Crippen molar-refractivity contribution < 1.29 is 18.7 Å². The normalized spacial score (nSPS) is 14.1. The van der Waals surface area contributed by atoms with Crippen LogP contribution in [0.3, 0.4) is 0 Å². The highest BCUT2D eigenvalue weighted by atomic mass is 127. The SMILES string of the molecule is CCNC(=NCc1cc(C(=O)OC)c(C)o1)N1CCN(c2cccc(OC)c2)CC1.I. The first-order valence-electron chi connectivity index (χ1n) is 10.2. The smallest absolute Gasteiger partial charge is 0.341 e. The number of piperazine rings is 1. The molecule has 0 atom stereocenters. The molecule has 1 aliphatic rings. The van der Waals surface area contributed by atoms with E-state index in [1.165, 1.54) is 7.11 Å². The van der Waals surface area contributed by atoms with E-state index in [-0.39, 0.29) is 24.0 Å². The van der Waals surface area contributed by atoms with Gasteiger partial charge < -0.3 is 29.0 Å². The van der Waals surface area contributed by atoms with Crippen LogP contribution >= 0.6 is 24.0 Å². The lowest BCUT2D eigenvalue weighted by Crippen LogP contribution is -2.52. The maximum Gasteiger partial charge on any atom is 0.341 e. The van der Waals surface area contributed by atoms with Crippen molar-refractivity contribution in [1.29, 1.82) is 0 Å². The Morgan fingerprint density at radius 2 is 1.94 bits per heavy atom. The molecule has 1 aliphatic heterocycles. The lowest BCUT2D eigenvalue weighted by molar-refractivity contribution is 0.0599. The molecule has 2 aromatic rings. The van der Waals surface area contributed by atoms with Gasteiger partial charge in [-0.3, -0.25) is 0 Å². The maximum absolute atomic E-state index is 11.8. The van der Waals surface area contributed by atoms with E-state index >= 15 is 0 Å². The Labute approximate surface area is 200 Å². The molecule has 8 nitrogen and oxygen atoms in total. The fraction of sp³-hybridized carbons (Fsp3) is 0.455. The second-order valence-corrected chi connectivity index (χ2v) is 7.02. The second kappa shape index (κ2) is 11.8. The number of nitrogens with zero attached hydrogens (tertiary/aromatic N) is 3. The summed E-state index contributed by atoms with van der Waals surface area (Å²) in [5.41, 5.74) is 1.61. The van der Waals surface area contributed by atoms with Crippen molar-refractivity contribution in [3.05, 3.63) is 47.4 Å². The van der Waals surface area contributed by atoms with E-state index in [0.717, 1.165) is 50.1 Å². The third-order valence-corrected chi connectivity index (χ3v) is 5.09. The van der Waals surface area contributed by atoms with E-state index in [4.69, 9.17) is 18.9 Å². The standard InChI is InChI=1S/C22H30N4O4.HI/c1-5-23-22(24-15-19-14-20(16(2)30-19)21(27)29-4)26-11-9-25(10-12-26)17-7-6-8-18(13-17)28-3;/h6-8,13-14H,5,9-12,15H2,1-4H3,(H,23,24);1H. The van der Waals surface area contributed by atoms with Crippen LogP contribution in [-0.4, -0.2) is 63.8 Å². The van der Waals surface area contributed by atoms with Crippen LogP contribution in [0.15, 0.2) is 39.7 Å². The predicted molar refractivity (Wildman–Crippen MR) is 132 cm³/mol. The van der Waals surface area contributed by atoms with Gasteiger partial charge in [-0.2, -0.15) is 0 Å². The van der Waals surface area contributed by atoms with E-state index in [0.29, 0.717) is 23.6 Å². The molecule has 1 fully saturated rings. The van der Waals surface area contributed by atoms with Crippen molar-refractivity contribution in [1.82, 2.24) is 10.2 Å². The number of carbonyl (C=O) groups excluding carboxylic acids is 1. The molecule has 9 heteroatoms. The Bertz CT molecular complexity index is 891. The molecule has 1 saturated heterocycles. The molecule has 0 spiro atoms. The predicted octanol–water partition coefficient (Wildman–Crippen LogP) is 3.29. The highest BCUT2D eigenvalue weighted by Crippen LogP contribution is 2.22. The summed E-state index contributed by atoms with van der Waals surface area (Å²) in [6.07, 6.45) is 0. The lowest BCUT2D eigenvalue weighted by atomic mass is 10.2. The third kappa shape index (κ3) is 6.28. The van der Waals surface area contributed by atoms with Gasteiger partial charge >= 0.3 is 5.97 Å². The van der Waals surface area contributed by atoms with Gasteiger partial charge in [0.15, 0.2) is 5.96 Å². The van der Waals surface area contributed by atoms with Crippen molar-refractivity contribution in [2.24, 2.45) is 4.99 Å². The van der Waals surface area contributed by atoms with E-state index in [9.17, 15) is 4.79 Å². The molecule has 31 heavy (non-hydrogen) atoms. The maximum atomic E-state index is 11.8. The topological polar surface area (TPSA) is 79.5 Å². The average molecular weight is 542 g/mol. The fourth-order valence-corrected chi connectivity index (χ4v) is 3.50. The zero-order valence-electron chi connectivity index (χ0n) is 18.5. The number of ether oxygens (including phenoxy) is 2. The van der Waals surface area contributed by atoms with Crippen molar-refractivity contribution in [2.75, 3.05) is 51.8 Å². The number of benzene rings is 1. The molecule has 2 heterocycles. The fourth-order valence-electron chi connectivity index (χ4n) is 3.50. The van der Waals surface area contributed by atoms with Gasteiger partial charge in [0.25, 0.3) is 0 Å². The van der Waals surface area contributed by atoms with Crippen LogP contribution in [0.2, 0.25) is 0 Å². The highest BCUT2D eigenvalue weighted by molar-refractivity contribution is 14.0. The number of carbonyl (C=O) groups is 1. The molecule has 0 aliphatic carbocycles. The second-order valence-electron chi connectivity index (χ2n) is 7.02. The summed E-state index contributed by atoms with van der Waals surface area (Å²) in [6.45, 7) is 8.43. The monoisotopic (exact) mass is 542 g/mol. The number of guanidine groups is 1. The van der Waals surface area contributed by atoms with Gasteiger partial charge in [-0.1, -0.05) is 6.07 Å². The molecule has 0 bridgehead atoms. The zero-order valence-corrected chi connectivity index (χ0v) is 20.8. The number of hydrogen-bond acceptors (Lipinski definition) is 6. The molecule has 0 radical (unpaired) electrons. The molecule has 0 unspecified atom stereocenters. The zero-order chi connectivity index (χ0) is 21.5. The van der Waals surface area contributed by atoms with Crippen molar-refractivity contribution in [3.8, 4) is 5.75 Å². The number of halogens is 1. The van der Waals surface area contributed by atoms with Crippen LogP contribution in [0.5, 0.6) is 5.75 Å². The quantitative estimate of drug-likeness (QED) is 0.260. The van der Waals surface area contributed by atoms with Gasteiger partial charge in [-0.05, 0) is 32.0 Å². The number of nitrogens with one attached hydrogen (secondary N) is 1. The van der Waals surface area contributed by atoms with E-state index < -0.39 is 5.97 Å². The van der Waals surface area contributed by atoms with Crippen molar-refractivity contribution >= 4 is 41.6 Å². The molecular formula is C22H31IN4O4. The first kappa shape index (κ1) is 24.8. The van der Waals surface area contributed by atoms with E-state index in [1.54, 1.807) is 20.1 Å². The Morgan fingerprint density at radius 3 is 2.58 bits per heavy atom. The number of anilines is 1. The summed E-state index contributed by atoms with van der Waals surface area (Å²) >= 11 is 0. The average Bonchev–Trinajstić information content (AvgIpc) is 3.16. The van der Waals surface area contributed by atoms with Gasteiger partial charge in [0.1, 0.15) is 29.4 Å². The number of aryl methyl sites for hydroxylation is 1. The molecule has 170 valence electrons. The summed E-state index contributed by atoms with van der Waals surface area (Å²) in [5, 5.41) is 3.35. The summed E-state index contributed by atoms with van der Waals surface area (Å²) in [4.78, 5) is 21.1. The number of furan rings is 1. The number of aliphatic imine (C=N–C) groups is 1. The molecule has 1 aromatic carbocycles. The van der Waals surface area contributed by atoms with E-state index in [1.807, 2.05) is 12.1 Å². The van der Waals surface area contributed by atoms with Gasteiger partial charge in [0.05, 0.1) is 14.2 Å². The van der Waals surface area contributed by atoms with Crippen molar-refractivity contribution in [2.45, 2.75) is 20.4 Å². The molecule has 0 saturated carbocycles. The first-order valence-corrected chi connectivity index (χ1v) is 10.2. The molecule has 1 N–H and O–H groups in total. The minimum atomic E-state index is -0.396. The van der Waals surface area contributed by atoms with Crippen LogP contribution in [0.1, 0.15) is 28.8 Å². The molecule has 0 amide bonds. The van der Waals surface area contributed by atoms with Crippen LogP contribution in [0.25, 0.3) is 0 Å². The minimum Gasteiger partial charge on any atom is -0.497 e. The van der Waals surface area contributed by atoms with Gasteiger partial charge in [-0.25, -0.2) is 9.79 Å². The summed E-state index contributed by atoms with van der Waals surface area (Å²) < 4.78 is 15.8. The molecule has 3 rings (SSSR count). The molecule has 1 aromatic heterocycles. The number of esters is 1. The van der Waals surface area contributed by atoms with Crippen molar-refractivity contribution in [3.63, 3.8) is 0 Å². The Balaban J connectivity index is 0.00000341. The van der Waals surface area contributed by atoms with Crippen LogP contribution in [0, 0.1) is 6.92 Å². The van der Waals surface area contributed by atoms with Crippen LogP contribution in [0.4, 0.5) is 5.69 Å². The van der Waals surface area contributed by atoms with Crippen LogP contribution in [-0.2, 0) is 11.3 Å². The summed E-state index contributed by atoms with van der Waals surface area (Å²) in [6, 6.07) is 9.84. The molecular weight excluding hydrogens is 511 g/mol. The van der Waals surface area contributed by atoms with Gasteiger partial charge in [0, 0.05) is 44.5 Å². The van der Waals surface area contributed by atoms with E-state index in [2.05, 4.69) is 34.2 Å². The number of hydrogen-bond donors (Lipinski definition) is 1. The number of rotatable bonds is 6. The first-order chi connectivity index (χ1) is 14.5. The largest absolute Gasteiger partial charge is 0.497 e. The Kier molecular flexibility index (Phi) is 9.47. The summed E-state index contributed by atoms with van der Waals surface area (Å²) in [5.74, 6) is 2.50.